The summed E-state index contributed by atoms with van der Waals surface area (Å²) in [4.78, 5) is 0. The molecule has 0 heterocycles. The normalized spacial score (nSPS) is 14.7. The summed E-state index contributed by atoms with van der Waals surface area (Å²) in [5.41, 5.74) is 9.96. The number of hydrogen-bond acceptors (Lipinski definition) is 0. The van der Waals surface area contributed by atoms with Gasteiger partial charge in [0.1, 0.15) is 0 Å². The van der Waals surface area contributed by atoms with Gasteiger partial charge in [0.25, 0.3) is 0 Å². The molecule has 2 rings (SSSR count). The molecule has 2 aromatic carbocycles. The van der Waals surface area contributed by atoms with Gasteiger partial charge in [0.2, 0.25) is 0 Å². The Bertz CT molecular complexity index is 1400. The van der Waals surface area contributed by atoms with Crippen molar-refractivity contribution in [3.05, 3.63) is 57.6 Å². The Balaban J connectivity index is 3.67. The Morgan fingerprint density at radius 3 is 0.804 bits per heavy atom. The van der Waals surface area contributed by atoms with Gasteiger partial charge in [-0.3, -0.25) is 0 Å². The number of hydrogen-bond donors (Lipinski definition) is 0. The van der Waals surface area contributed by atoms with Gasteiger partial charge in [0.15, 0.2) is 0 Å². The molecule has 2 aromatic rings. The van der Waals surface area contributed by atoms with E-state index in [2.05, 4.69) is 184 Å². The molecule has 0 N–H and O–H groups in total. The van der Waals surface area contributed by atoms with Crippen molar-refractivity contribution in [2.45, 2.75) is 193 Å². The predicted molar refractivity (Wildman–Crippen MR) is 266 cm³/mol. The van der Waals surface area contributed by atoms with Crippen LogP contribution in [0.2, 0.25) is 118 Å². The summed E-state index contributed by atoms with van der Waals surface area (Å²) in [6, 6.07) is 11.0. The SMILES string of the molecule is CC(C)c1cc(C(C)C)[c]([Ge]([Br])([Br])[c]2c(C([Si](C)(C)C)[Si](C)(C)C)cc(C([Si](C)(C)C)[Si](C)(C)C)cc2C([Si](C)(C)C)[Si](C)(C)C)c(C(C)C)c1. The van der Waals surface area contributed by atoms with Gasteiger partial charge in [-0.05, 0) is 0 Å². The van der Waals surface area contributed by atoms with Gasteiger partial charge in [-0.1, -0.05) is 0 Å². The summed E-state index contributed by atoms with van der Waals surface area (Å²) in [6.07, 6.45) is 0. The molecule has 0 spiro atoms. The molecule has 0 unspecified atom stereocenters. The zero-order chi connectivity index (χ0) is 40.4. The van der Waals surface area contributed by atoms with Crippen LogP contribution in [0.3, 0.4) is 0 Å². The first-order valence-electron chi connectivity index (χ1n) is 20.1. The summed E-state index contributed by atoms with van der Waals surface area (Å²) in [5, 5.41) is 2.07. The summed E-state index contributed by atoms with van der Waals surface area (Å²) in [6.45, 7) is 62.9. The fraction of sp³-hybridized carbons (Fsp3) is 0.714. The Morgan fingerprint density at radius 2 is 0.588 bits per heavy atom. The van der Waals surface area contributed by atoms with Crippen LogP contribution >= 0.6 is 28.0 Å². The molecule has 0 saturated heterocycles. The second-order valence-corrected chi connectivity index (χ2v) is 79.7. The van der Waals surface area contributed by atoms with Crippen molar-refractivity contribution >= 4 is 94.8 Å². The van der Waals surface area contributed by atoms with Crippen LogP contribution in [-0.4, -0.2) is 58.0 Å². The molecule has 51 heavy (non-hydrogen) atoms. The summed E-state index contributed by atoms with van der Waals surface area (Å²) >= 11 is 9.85. The van der Waals surface area contributed by atoms with E-state index in [4.69, 9.17) is 28.0 Å². The Kier molecular flexibility index (Phi) is 15.4. The van der Waals surface area contributed by atoms with Gasteiger partial charge in [0.05, 0.1) is 0 Å². The maximum absolute atomic E-state index is 4.93. The van der Waals surface area contributed by atoms with Crippen LogP contribution in [0, 0.1) is 0 Å². The number of halogens is 2. The molecular formula is C42H82Br2GeSi6. The molecule has 0 aliphatic rings. The number of rotatable bonds is 14. The molecule has 0 amide bonds. The zero-order valence-electron chi connectivity index (χ0n) is 38.0. The molecule has 0 fully saturated rings. The standard InChI is InChI=1S/C42H82Br2GeSi6/c1-29(2)32-25-34(30(3)4)38(35(26-32)31(5)6)45(43,44)39-36(41(48(13,14)15)49(16,17)18)27-33(40(46(7,8)9)47(10,11)12)28-37(39)42(50(19,20)21)51(22,23)24/h25-31,40-42H,1-24H3. The molecule has 0 aromatic heterocycles. The quantitative estimate of drug-likeness (QED) is 0.166. The second kappa shape index (κ2) is 16.2. The van der Waals surface area contributed by atoms with Crippen molar-refractivity contribution in [2.24, 2.45) is 0 Å². The van der Waals surface area contributed by atoms with Gasteiger partial charge in [-0.15, -0.1) is 0 Å². The monoisotopic (exact) mass is 986 g/mol. The van der Waals surface area contributed by atoms with Crippen LogP contribution in [0.25, 0.3) is 0 Å². The molecule has 0 aliphatic carbocycles. The third-order valence-electron chi connectivity index (χ3n) is 11.1. The van der Waals surface area contributed by atoms with Crippen molar-refractivity contribution in [1.82, 2.24) is 0 Å². The van der Waals surface area contributed by atoms with Gasteiger partial charge >= 0.3 is 345 Å². The van der Waals surface area contributed by atoms with Crippen molar-refractivity contribution in [3.8, 4) is 0 Å². The fourth-order valence-corrected chi connectivity index (χ4v) is 65.8. The Morgan fingerprint density at radius 1 is 0.353 bits per heavy atom. The average molecular weight is 988 g/mol. The van der Waals surface area contributed by atoms with E-state index in [0.29, 0.717) is 28.1 Å². The Labute approximate surface area is 342 Å². The van der Waals surface area contributed by atoms with Crippen LogP contribution in [0.15, 0.2) is 24.3 Å². The third kappa shape index (κ3) is 11.2. The minimum absolute atomic E-state index is 0.459. The molecule has 0 nitrogen and oxygen atoms in total. The van der Waals surface area contributed by atoms with E-state index in [1.54, 1.807) is 36.6 Å². The average Bonchev–Trinajstić information content (AvgIpc) is 2.82. The molecular weight excluding hydrogens is 905 g/mol. The molecule has 292 valence electrons. The van der Waals surface area contributed by atoms with E-state index in [0.717, 1.165) is 5.16 Å². The van der Waals surface area contributed by atoms with E-state index in [1.807, 2.05) is 0 Å². The van der Waals surface area contributed by atoms with Crippen LogP contribution in [0.5, 0.6) is 0 Å². The van der Waals surface area contributed by atoms with Gasteiger partial charge in [-0.25, -0.2) is 0 Å². The molecule has 0 saturated carbocycles. The predicted octanol–water partition coefficient (Wildman–Crippen LogP) is 14.9. The van der Waals surface area contributed by atoms with Crippen molar-refractivity contribution in [1.29, 1.82) is 0 Å². The summed E-state index contributed by atoms with van der Waals surface area (Å²) < 4.78 is 3.45. The fourth-order valence-electron chi connectivity index (χ4n) is 10.9. The van der Waals surface area contributed by atoms with E-state index >= 15 is 0 Å². The zero-order valence-corrected chi connectivity index (χ0v) is 49.3. The van der Waals surface area contributed by atoms with E-state index in [9.17, 15) is 0 Å². The van der Waals surface area contributed by atoms with Crippen LogP contribution in [0.1, 0.15) is 108 Å². The van der Waals surface area contributed by atoms with Crippen molar-refractivity contribution < 1.29 is 0 Å². The topological polar surface area (TPSA) is 0 Å². The summed E-state index contributed by atoms with van der Waals surface area (Å²) in [5.74, 6) is 1.43. The second-order valence-electron chi connectivity index (χ2n) is 23.7. The molecule has 0 bridgehead atoms. The summed E-state index contributed by atoms with van der Waals surface area (Å²) in [7, 11) is -13.2. The van der Waals surface area contributed by atoms with Crippen LogP contribution in [0.4, 0.5) is 0 Å². The first-order valence-corrected chi connectivity index (χ1v) is 53.5. The maximum atomic E-state index is 4.93. The van der Waals surface area contributed by atoms with Crippen LogP contribution < -0.4 is 8.79 Å². The molecule has 9 heteroatoms. The Hall–Kier alpha value is 1.24. The van der Waals surface area contributed by atoms with Crippen molar-refractivity contribution in [2.75, 3.05) is 0 Å². The third-order valence-corrected chi connectivity index (χ3v) is 52.3. The number of benzene rings is 2. The van der Waals surface area contributed by atoms with Gasteiger partial charge < -0.3 is 0 Å². The minimum atomic E-state index is -3.43. The first-order chi connectivity index (χ1) is 22.4. The van der Waals surface area contributed by atoms with E-state index in [1.165, 1.54) is 5.56 Å². The molecule has 0 radical (unpaired) electrons. The molecule has 0 atom stereocenters. The van der Waals surface area contributed by atoms with E-state index in [-0.39, 0.29) is 0 Å². The van der Waals surface area contributed by atoms with Crippen molar-refractivity contribution in [3.63, 3.8) is 0 Å². The molecule has 0 aliphatic heterocycles. The van der Waals surface area contributed by atoms with E-state index < -0.39 is 58.0 Å². The van der Waals surface area contributed by atoms with Gasteiger partial charge in [0, 0.05) is 0 Å². The first kappa shape index (κ1) is 48.4. The van der Waals surface area contributed by atoms with Gasteiger partial charge in [-0.2, -0.15) is 0 Å². The van der Waals surface area contributed by atoms with Crippen LogP contribution in [-0.2, 0) is 0 Å².